The van der Waals surface area contributed by atoms with E-state index in [0.717, 1.165) is 64.8 Å². The van der Waals surface area contributed by atoms with E-state index < -0.39 is 0 Å². The van der Waals surface area contributed by atoms with Crippen LogP contribution in [0.15, 0.2) is 24.3 Å². The third-order valence-corrected chi connectivity index (χ3v) is 5.63. The number of unbranched alkanes of at least 4 members (excludes halogenated alkanes) is 1. The van der Waals surface area contributed by atoms with Crippen LogP contribution in [0.1, 0.15) is 57.6 Å². The lowest BCUT2D eigenvalue weighted by molar-refractivity contribution is -0.129. The van der Waals surface area contributed by atoms with E-state index in [0.29, 0.717) is 12.6 Å². The van der Waals surface area contributed by atoms with Crippen molar-refractivity contribution in [3.8, 4) is 0 Å². The van der Waals surface area contributed by atoms with Crippen LogP contribution in [0.25, 0.3) is 0 Å². The first kappa shape index (κ1) is 21.9. The molecule has 0 aliphatic carbocycles. The molecule has 2 rings (SSSR count). The predicted molar refractivity (Wildman–Crippen MR) is 114 cm³/mol. The van der Waals surface area contributed by atoms with Gasteiger partial charge in [0.15, 0.2) is 0 Å². The highest BCUT2D eigenvalue weighted by Crippen LogP contribution is 2.13. The number of aryl methyl sites for hydroxylation is 1. The van der Waals surface area contributed by atoms with Gasteiger partial charge in [-0.2, -0.15) is 0 Å². The summed E-state index contributed by atoms with van der Waals surface area (Å²) in [5, 5.41) is 3.20. The molecule has 1 unspecified atom stereocenters. The lowest BCUT2D eigenvalue weighted by Crippen LogP contribution is -2.37. The summed E-state index contributed by atoms with van der Waals surface area (Å²) in [6.45, 7) is 12.4. The lowest BCUT2D eigenvalue weighted by Gasteiger charge is -2.29. The van der Waals surface area contributed by atoms with Crippen LogP contribution in [0.2, 0.25) is 0 Å². The fourth-order valence-electron chi connectivity index (χ4n) is 3.90. The van der Waals surface area contributed by atoms with Gasteiger partial charge in [-0.3, -0.25) is 4.79 Å². The minimum absolute atomic E-state index is 0.266. The van der Waals surface area contributed by atoms with Crippen molar-refractivity contribution in [3.63, 3.8) is 0 Å². The number of carbonyl (C=O) groups excluding carboxylic acids is 1. The lowest BCUT2D eigenvalue weighted by atomic mass is 10.0. The third kappa shape index (κ3) is 7.63. The Kier molecular flexibility index (Phi) is 9.85. The van der Waals surface area contributed by atoms with Crippen molar-refractivity contribution in [3.05, 3.63) is 35.4 Å². The molecule has 1 aliphatic rings. The van der Waals surface area contributed by atoms with Gasteiger partial charge in [-0.15, -0.1) is 0 Å². The van der Waals surface area contributed by atoms with Gasteiger partial charge in [0.2, 0.25) is 5.91 Å². The molecule has 1 fully saturated rings. The summed E-state index contributed by atoms with van der Waals surface area (Å²) in [5.74, 6) is 0.266. The van der Waals surface area contributed by atoms with Crippen molar-refractivity contribution >= 4 is 5.91 Å². The molecular weight excluding hydrogens is 334 g/mol. The summed E-state index contributed by atoms with van der Waals surface area (Å²) in [6.07, 6.45) is 6.74. The van der Waals surface area contributed by atoms with E-state index in [1.54, 1.807) is 0 Å². The van der Waals surface area contributed by atoms with Crippen molar-refractivity contribution in [2.24, 2.45) is 0 Å². The molecular formula is C23H39N3O. The Morgan fingerprint density at radius 2 is 1.85 bits per heavy atom. The monoisotopic (exact) mass is 373 g/mol. The van der Waals surface area contributed by atoms with Gasteiger partial charge in [-0.1, -0.05) is 38.1 Å². The zero-order chi connectivity index (χ0) is 19.5. The predicted octanol–water partition coefficient (Wildman–Crippen LogP) is 3.49. The summed E-state index contributed by atoms with van der Waals surface area (Å²) in [5.41, 5.74) is 2.85. The first-order valence-corrected chi connectivity index (χ1v) is 10.9. The smallest absolute Gasteiger partial charge is 0.236 e. The van der Waals surface area contributed by atoms with Gasteiger partial charge in [0.25, 0.3) is 0 Å². The van der Waals surface area contributed by atoms with Gasteiger partial charge in [-0.25, -0.2) is 0 Å². The van der Waals surface area contributed by atoms with Gasteiger partial charge in [0.05, 0.1) is 6.54 Å². The maximum absolute atomic E-state index is 12.1. The van der Waals surface area contributed by atoms with Crippen LogP contribution in [0.3, 0.4) is 0 Å². The first-order chi connectivity index (χ1) is 13.1. The normalized spacial score (nSPS) is 16.6. The zero-order valence-electron chi connectivity index (χ0n) is 17.7. The number of rotatable bonds is 11. The highest BCUT2D eigenvalue weighted by Gasteiger charge is 2.17. The minimum Gasteiger partial charge on any atom is -0.342 e. The van der Waals surface area contributed by atoms with Crippen molar-refractivity contribution < 1.29 is 4.79 Å². The summed E-state index contributed by atoms with van der Waals surface area (Å²) in [6, 6.07) is 9.66. The summed E-state index contributed by atoms with van der Waals surface area (Å²) in [7, 11) is 0. The molecule has 4 nitrogen and oxygen atoms in total. The Balaban J connectivity index is 1.76. The fourth-order valence-corrected chi connectivity index (χ4v) is 3.90. The topological polar surface area (TPSA) is 35.6 Å². The van der Waals surface area contributed by atoms with Gasteiger partial charge in [0, 0.05) is 19.1 Å². The summed E-state index contributed by atoms with van der Waals surface area (Å²) >= 11 is 0. The molecule has 1 saturated heterocycles. The molecule has 0 bridgehead atoms. The molecule has 1 N–H and O–H groups in total. The highest BCUT2D eigenvalue weighted by molar-refractivity contribution is 5.78. The van der Waals surface area contributed by atoms with E-state index in [1.165, 1.54) is 17.5 Å². The minimum atomic E-state index is 0.266. The number of nitrogens with one attached hydrogen (secondary N) is 1. The molecule has 0 saturated carbocycles. The van der Waals surface area contributed by atoms with Crippen LogP contribution in [0, 0.1) is 0 Å². The average molecular weight is 374 g/mol. The van der Waals surface area contributed by atoms with Crippen molar-refractivity contribution in [1.82, 2.24) is 15.1 Å². The molecule has 27 heavy (non-hydrogen) atoms. The van der Waals surface area contributed by atoms with Gasteiger partial charge < -0.3 is 15.1 Å². The third-order valence-electron chi connectivity index (χ3n) is 5.63. The van der Waals surface area contributed by atoms with Crippen LogP contribution >= 0.6 is 0 Å². The highest BCUT2D eigenvalue weighted by atomic mass is 16.2. The van der Waals surface area contributed by atoms with Crippen LogP contribution in [-0.2, 0) is 17.6 Å². The Bertz CT molecular complexity index is 543. The number of amides is 1. The van der Waals surface area contributed by atoms with Crippen LogP contribution < -0.4 is 5.32 Å². The number of carbonyl (C=O) groups is 1. The molecule has 1 heterocycles. The quantitative estimate of drug-likeness (QED) is 0.603. The maximum atomic E-state index is 12.1. The summed E-state index contributed by atoms with van der Waals surface area (Å²) in [4.78, 5) is 16.7. The van der Waals surface area contributed by atoms with E-state index in [-0.39, 0.29) is 5.91 Å². The second-order valence-corrected chi connectivity index (χ2v) is 7.88. The SMILES string of the molecule is CCCN(CCCCN1CCCNCC1=O)C(C)Cc1ccc(CC)cc1. The second kappa shape index (κ2) is 12.1. The van der Waals surface area contributed by atoms with E-state index in [1.807, 2.05) is 4.90 Å². The van der Waals surface area contributed by atoms with Crippen LogP contribution in [-0.4, -0.2) is 61.0 Å². The van der Waals surface area contributed by atoms with Gasteiger partial charge in [0.1, 0.15) is 0 Å². The Morgan fingerprint density at radius 1 is 1.11 bits per heavy atom. The van der Waals surface area contributed by atoms with Crippen molar-refractivity contribution in [1.29, 1.82) is 0 Å². The molecule has 152 valence electrons. The average Bonchev–Trinajstić information content (AvgIpc) is 2.89. The molecule has 1 aromatic carbocycles. The van der Waals surface area contributed by atoms with Crippen LogP contribution in [0.5, 0.6) is 0 Å². The van der Waals surface area contributed by atoms with Gasteiger partial charge >= 0.3 is 0 Å². The largest absolute Gasteiger partial charge is 0.342 e. The number of hydrogen-bond acceptors (Lipinski definition) is 3. The maximum Gasteiger partial charge on any atom is 0.236 e. The van der Waals surface area contributed by atoms with E-state index in [9.17, 15) is 4.79 Å². The fraction of sp³-hybridized carbons (Fsp3) is 0.696. The van der Waals surface area contributed by atoms with Crippen LogP contribution in [0.4, 0.5) is 0 Å². The zero-order valence-corrected chi connectivity index (χ0v) is 17.7. The van der Waals surface area contributed by atoms with E-state index >= 15 is 0 Å². The summed E-state index contributed by atoms with van der Waals surface area (Å²) < 4.78 is 0. The molecule has 1 aliphatic heterocycles. The molecule has 0 spiro atoms. The molecule has 0 aromatic heterocycles. The van der Waals surface area contributed by atoms with Crippen molar-refractivity contribution in [2.75, 3.05) is 39.3 Å². The standard InChI is InChI=1S/C23H39N3O/c1-4-14-25(20(3)18-22-11-9-21(5-2)10-12-22)15-6-7-16-26-17-8-13-24-19-23(26)27/h9-12,20,24H,4-8,13-19H2,1-3H3. The van der Waals surface area contributed by atoms with Crippen molar-refractivity contribution in [2.45, 2.75) is 65.3 Å². The van der Waals surface area contributed by atoms with Gasteiger partial charge in [-0.05, 0) is 76.2 Å². The molecule has 1 atom stereocenters. The second-order valence-electron chi connectivity index (χ2n) is 7.88. The Morgan fingerprint density at radius 3 is 2.56 bits per heavy atom. The Hall–Kier alpha value is -1.39. The van der Waals surface area contributed by atoms with E-state index in [4.69, 9.17) is 0 Å². The number of nitrogens with zero attached hydrogens (tertiary/aromatic N) is 2. The Labute approximate surface area is 166 Å². The number of benzene rings is 1. The van der Waals surface area contributed by atoms with E-state index in [2.05, 4.69) is 55.3 Å². The molecule has 0 radical (unpaired) electrons. The molecule has 4 heteroatoms. The number of hydrogen-bond donors (Lipinski definition) is 1. The molecule has 1 amide bonds. The first-order valence-electron chi connectivity index (χ1n) is 10.9. The molecule has 1 aromatic rings.